The van der Waals surface area contributed by atoms with Gasteiger partial charge in [-0.25, -0.2) is 8.77 Å². The van der Waals surface area contributed by atoms with E-state index in [1.165, 1.54) is 4.09 Å². The first-order chi connectivity index (χ1) is 5.36. The summed E-state index contributed by atoms with van der Waals surface area (Å²) < 4.78 is 2.98. The van der Waals surface area contributed by atoms with Crippen LogP contribution >= 0.6 is 12.8 Å². The van der Waals surface area contributed by atoms with Crippen molar-refractivity contribution in [3.05, 3.63) is 24.7 Å². The molecule has 0 saturated carbocycles. The fraction of sp³-hybridized carbons (Fsp3) is 0. The molecule has 0 N–H and O–H groups in total. The van der Waals surface area contributed by atoms with E-state index in [0.717, 1.165) is 0 Å². The van der Waals surface area contributed by atoms with E-state index in [0.29, 0.717) is 5.82 Å². The third-order valence-electron chi connectivity index (χ3n) is 1.22. The molecule has 0 aliphatic rings. The van der Waals surface area contributed by atoms with Gasteiger partial charge in [0.25, 0.3) is 0 Å². The Bertz CT molecular complexity index is 337. The summed E-state index contributed by atoms with van der Waals surface area (Å²) in [5, 5.41) is 11.4. The lowest BCUT2D eigenvalue weighted by molar-refractivity contribution is 0.771. The van der Waals surface area contributed by atoms with Gasteiger partial charge in [-0.3, -0.25) is 0 Å². The molecule has 5 nitrogen and oxygen atoms in total. The van der Waals surface area contributed by atoms with Crippen LogP contribution in [0.1, 0.15) is 0 Å². The van der Waals surface area contributed by atoms with Crippen LogP contribution in [-0.4, -0.2) is 24.2 Å². The molecule has 0 aliphatic carbocycles. The SMILES string of the molecule is Sn1ccc(-n2ccnn2)n1. The normalized spacial score (nSPS) is 10.3. The zero-order valence-electron chi connectivity index (χ0n) is 5.49. The maximum atomic E-state index is 3.99. The van der Waals surface area contributed by atoms with Crippen LogP contribution in [0, 0.1) is 0 Å². The molecular weight excluding hydrogens is 162 g/mol. The highest BCUT2D eigenvalue weighted by atomic mass is 32.1. The minimum absolute atomic E-state index is 0.706. The highest BCUT2D eigenvalue weighted by Crippen LogP contribution is 2.00. The van der Waals surface area contributed by atoms with E-state index in [1.807, 2.05) is 0 Å². The molecule has 2 aromatic rings. The van der Waals surface area contributed by atoms with Crippen molar-refractivity contribution in [3.8, 4) is 5.82 Å². The van der Waals surface area contributed by atoms with Gasteiger partial charge in [-0.2, -0.15) is 0 Å². The number of rotatable bonds is 1. The molecular formula is C5H5N5S. The maximum absolute atomic E-state index is 3.99. The van der Waals surface area contributed by atoms with Gasteiger partial charge in [0.05, 0.1) is 12.4 Å². The average molecular weight is 167 g/mol. The van der Waals surface area contributed by atoms with E-state index in [1.54, 1.807) is 29.3 Å². The summed E-state index contributed by atoms with van der Waals surface area (Å²) in [5.41, 5.74) is 0. The van der Waals surface area contributed by atoms with E-state index in [2.05, 4.69) is 28.2 Å². The Morgan fingerprint density at radius 3 is 2.82 bits per heavy atom. The predicted molar refractivity (Wildman–Crippen MR) is 41.5 cm³/mol. The quantitative estimate of drug-likeness (QED) is 0.615. The van der Waals surface area contributed by atoms with Gasteiger partial charge in [0, 0.05) is 12.3 Å². The Kier molecular flexibility index (Phi) is 1.39. The summed E-state index contributed by atoms with van der Waals surface area (Å²) in [4.78, 5) is 0. The third-order valence-corrected chi connectivity index (χ3v) is 1.44. The van der Waals surface area contributed by atoms with Crippen LogP contribution in [0.4, 0.5) is 0 Å². The second kappa shape index (κ2) is 2.39. The van der Waals surface area contributed by atoms with Crippen LogP contribution in [0.3, 0.4) is 0 Å². The predicted octanol–water partition coefficient (Wildman–Crippen LogP) is 0.157. The first-order valence-corrected chi connectivity index (χ1v) is 3.38. The van der Waals surface area contributed by atoms with Crippen molar-refractivity contribution in [2.24, 2.45) is 0 Å². The zero-order chi connectivity index (χ0) is 7.68. The van der Waals surface area contributed by atoms with Crippen molar-refractivity contribution in [3.63, 3.8) is 0 Å². The molecule has 0 radical (unpaired) electrons. The van der Waals surface area contributed by atoms with E-state index in [-0.39, 0.29) is 0 Å². The number of nitrogens with zero attached hydrogens (tertiary/aromatic N) is 5. The van der Waals surface area contributed by atoms with Crippen LogP contribution < -0.4 is 0 Å². The van der Waals surface area contributed by atoms with Crippen LogP contribution in [0.15, 0.2) is 24.7 Å². The van der Waals surface area contributed by atoms with Gasteiger partial charge in [0.2, 0.25) is 0 Å². The number of thiol groups is 1. The van der Waals surface area contributed by atoms with Gasteiger partial charge in [-0.1, -0.05) is 5.21 Å². The molecule has 6 heteroatoms. The van der Waals surface area contributed by atoms with Gasteiger partial charge in [0.1, 0.15) is 0 Å². The van der Waals surface area contributed by atoms with E-state index in [4.69, 9.17) is 0 Å². The number of hydrogen-bond donors (Lipinski definition) is 1. The molecule has 0 saturated heterocycles. The van der Waals surface area contributed by atoms with Crippen LogP contribution in [0.25, 0.3) is 5.82 Å². The van der Waals surface area contributed by atoms with Crippen molar-refractivity contribution in [1.29, 1.82) is 0 Å². The van der Waals surface area contributed by atoms with Crippen molar-refractivity contribution in [1.82, 2.24) is 24.2 Å². The van der Waals surface area contributed by atoms with E-state index in [9.17, 15) is 0 Å². The van der Waals surface area contributed by atoms with Crippen molar-refractivity contribution < 1.29 is 0 Å². The molecule has 11 heavy (non-hydrogen) atoms. The lowest BCUT2D eigenvalue weighted by Gasteiger charge is -1.89. The largest absolute Gasteiger partial charge is 0.215 e. The van der Waals surface area contributed by atoms with Gasteiger partial charge >= 0.3 is 0 Å². The molecule has 0 amide bonds. The van der Waals surface area contributed by atoms with Crippen LogP contribution in [0.2, 0.25) is 0 Å². The van der Waals surface area contributed by atoms with E-state index >= 15 is 0 Å². The second-order valence-electron chi connectivity index (χ2n) is 1.94. The Labute approximate surface area is 68.2 Å². The Morgan fingerprint density at radius 1 is 1.36 bits per heavy atom. The monoisotopic (exact) mass is 167 g/mol. The minimum Gasteiger partial charge on any atom is -0.215 e. The molecule has 0 fully saturated rings. The van der Waals surface area contributed by atoms with Crippen molar-refractivity contribution in [2.45, 2.75) is 0 Å². The fourth-order valence-electron chi connectivity index (χ4n) is 0.758. The molecule has 2 rings (SSSR count). The molecule has 0 unspecified atom stereocenters. The lowest BCUT2D eigenvalue weighted by atomic mass is 10.6. The highest BCUT2D eigenvalue weighted by Gasteiger charge is 1.98. The molecule has 0 bridgehead atoms. The summed E-state index contributed by atoms with van der Waals surface area (Å²) in [6.07, 6.45) is 5.04. The Balaban J connectivity index is 2.45. The van der Waals surface area contributed by atoms with Crippen molar-refractivity contribution in [2.75, 3.05) is 0 Å². The average Bonchev–Trinajstić information content (AvgIpc) is 2.55. The number of hydrogen-bond acceptors (Lipinski definition) is 4. The molecule has 0 atom stereocenters. The first kappa shape index (κ1) is 6.41. The summed E-state index contributed by atoms with van der Waals surface area (Å²) in [5.74, 6) is 0.706. The minimum atomic E-state index is 0.706. The highest BCUT2D eigenvalue weighted by molar-refractivity contribution is 7.78. The maximum Gasteiger partial charge on any atom is 0.177 e. The Hall–Kier alpha value is -1.30. The Morgan fingerprint density at radius 2 is 2.27 bits per heavy atom. The fourth-order valence-corrected chi connectivity index (χ4v) is 0.916. The van der Waals surface area contributed by atoms with Gasteiger partial charge < -0.3 is 0 Å². The first-order valence-electron chi connectivity index (χ1n) is 2.98. The van der Waals surface area contributed by atoms with E-state index < -0.39 is 0 Å². The van der Waals surface area contributed by atoms with Crippen molar-refractivity contribution >= 4 is 12.8 Å². The topological polar surface area (TPSA) is 48.5 Å². The molecule has 0 spiro atoms. The summed E-state index contributed by atoms with van der Waals surface area (Å²) >= 11 is 3.98. The van der Waals surface area contributed by atoms with Gasteiger partial charge in [0.15, 0.2) is 5.82 Å². The lowest BCUT2D eigenvalue weighted by Crippen LogP contribution is -1.95. The molecule has 56 valence electrons. The summed E-state index contributed by atoms with van der Waals surface area (Å²) in [6, 6.07) is 1.79. The third kappa shape index (κ3) is 1.12. The molecule has 2 aromatic heterocycles. The zero-order valence-corrected chi connectivity index (χ0v) is 6.39. The summed E-state index contributed by atoms with van der Waals surface area (Å²) in [6.45, 7) is 0. The molecule has 0 aliphatic heterocycles. The molecule has 2 heterocycles. The van der Waals surface area contributed by atoms with Crippen LogP contribution in [-0.2, 0) is 0 Å². The summed E-state index contributed by atoms with van der Waals surface area (Å²) in [7, 11) is 0. The smallest absolute Gasteiger partial charge is 0.177 e. The second-order valence-corrected chi connectivity index (χ2v) is 2.35. The van der Waals surface area contributed by atoms with Gasteiger partial charge in [-0.05, 0) is 12.8 Å². The van der Waals surface area contributed by atoms with Gasteiger partial charge in [-0.15, -0.1) is 10.2 Å². The standard InChI is InChI=1S/C5H5N5S/c11-10-3-1-5(7-10)9-4-2-6-8-9/h1-4,11H. The van der Waals surface area contributed by atoms with Crippen LogP contribution in [0.5, 0.6) is 0 Å². The molecule has 0 aromatic carbocycles. The number of aromatic nitrogens is 5.